The molecule has 3 aromatic heterocycles. The molecule has 0 aliphatic carbocycles. The van der Waals surface area contributed by atoms with Crippen LogP contribution in [0.3, 0.4) is 0 Å². The van der Waals surface area contributed by atoms with Crippen LogP contribution in [0.5, 0.6) is 0 Å². The Morgan fingerprint density at radius 1 is 1.03 bits per heavy atom. The minimum Gasteiger partial charge on any atom is -0.372 e. The fourth-order valence-corrected chi connectivity index (χ4v) is 3.95. The Kier molecular flexibility index (Phi) is 5.70. The van der Waals surface area contributed by atoms with E-state index < -0.39 is 0 Å². The van der Waals surface area contributed by atoms with Crippen LogP contribution in [0.15, 0.2) is 64.2 Å². The lowest BCUT2D eigenvalue weighted by Gasteiger charge is -2.27. The molecule has 9 nitrogen and oxygen atoms in total. The summed E-state index contributed by atoms with van der Waals surface area (Å²) in [5, 5.41) is 3.98. The van der Waals surface area contributed by atoms with Crippen molar-refractivity contribution >= 4 is 5.95 Å². The van der Waals surface area contributed by atoms with Crippen LogP contribution < -0.4 is 10.5 Å². The third kappa shape index (κ3) is 4.40. The van der Waals surface area contributed by atoms with E-state index in [9.17, 15) is 4.79 Å². The summed E-state index contributed by atoms with van der Waals surface area (Å²) < 4.78 is 12.8. The highest BCUT2D eigenvalue weighted by Gasteiger charge is 2.24. The van der Waals surface area contributed by atoms with Crippen molar-refractivity contribution in [2.45, 2.75) is 19.4 Å². The minimum atomic E-state index is -0.157. The van der Waals surface area contributed by atoms with E-state index in [-0.39, 0.29) is 11.7 Å². The highest BCUT2D eigenvalue weighted by molar-refractivity contribution is 5.59. The summed E-state index contributed by atoms with van der Waals surface area (Å²) in [5.74, 6) is 1.72. The molecule has 0 spiro atoms. The van der Waals surface area contributed by atoms with Crippen LogP contribution >= 0.6 is 0 Å². The molecule has 1 atom stereocenters. The molecule has 1 aliphatic heterocycles. The second kappa shape index (κ2) is 8.95. The number of anilines is 1. The standard InChI is InChI=1S/C24H24N6O3/c1-16-26-23(28-33-16)19-6-4-18(5-7-19)21-15-30(12-3-13-32-21)24-27-20(14-22(31)29(24)2)17-8-10-25-11-9-17/h4-11,14,21H,3,12-13,15H2,1-2H3. The number of benzene rings is 1. The second-order valence-corrected chi connectivity index (χ2v) is 7.99. The lowest BCUT2D eigenvalue weighted by atomic mass is 10.1. The number of aryl methyl sites for hydroxylation is 1. The number of pyridine rings is 1. The van der Waals surface area contributed by atoms with Crippen LogP contribution in [0.1, 0.15) is 24.0 Å². The molecule has 5 rings (SSSR count). The van der Waals surface area contributed by atoms with Gasteiger partial charge in [-0.2, -0.15) is 4.98 Å². The number of hydrogen-bond donors (Lipinski definition) is 0. The topological polar surface area (TPSA) is 99.2 Å². The average molecular weight is 444 g/mol. The molecule has 0 saturated carbocycles. The SMILES string of the molecule is Cc1nc(-c2ccc(C3CN(c4nc(-c5ccncc5)cc(=O)n4C)CCCO3)cc2)no1. The first-order chi connectivity index (χ1) is 16.1. The van der Waals surface area contributed by atoms with Gasteiger partial charge in [0.15, 0.2) is 0 Å². The first-order valence-electron chi connectivity index (χ1n) is 10.8. The van der Waals surface area contributed by atoms with Crippen molar-refractivity contribution in [3.8, 4) is 22.6 Å². The van der Waals surface area contributed by atoms with Gasteiger partial charge in [0.25, 0.3) is 5.56 Å². The molecule has 0 amide bonds. The van der Waals surface area contributed by atoms with Crippen molar-refractivity contribution in [2.24, 2.45) is 7.05 Å². The maximum absolute atomic E-state index is 12.7. The van der Waals surface area contributed by atoms with E-state index in [4.69, 9.17) is 14.2 Å². The van der Waals surface area contributed by atoms with Crippen LogP contribution in [0.4, 0.5) is 5.95 Å². The van der Waals surface area contributed by atoms with Gasteiger partial charge in [-0.25, -0.2) is 4.98 Å². The van der Waals surface area contributed by atoms with Crippen molar-refractivity contribution in [1.82, 2.24) is 24.7 Å². The zero-order chi connectivity index (χ0) is 22.8. The van der Waals surface area contributed by atoms with Crippen LogP contribution in [0.2, 0.25) is 0 Å². The van der Waals surface area contributed by atoms with Gasteiger partial charge in [-0.15, -0.1) is 0 Å². The van der Waals surface area contributed by atoms with Crippen LogP contribution in [0.25, 0.3) is 22.6 Å². The Morgan fingerprint density at radius 2 is 1.82 bits per heavy atom. The third-order valence-corrected chi connectivity index (χ3v) is 5.72. The molecular weight excluding hydrogens is 420 g/mol. The van der Waals surface area contributed by atoms with Gasteiger partial charge >= 0.3 is 0 Å². The molecule has 1 aromatic carbocycles. The molecule has 1 unspecified atom stereocenters. The molecule has 4 heterocycles. The summed E-state index contributed by atoms with van der Waals surface area (Å²) >= 11 is 0. The maximum Gasteiger partial charge on any atom is 0.255 e. The van der Waals surface area contributed by atoms with Crippen molar-refractivity contribution in [3.05, 3.63) is 76.7 Å². The van der Waals surface area contributed by atoms with Crippen molar-refractivity contribution in [3.63, 3.8) is 0 Å². The van der Waals surface area contributed by atoms with Gasteiger partial charge in [0.05, 0.1) is 12.2 Å². The highest BCUT2D eigenvalue weighted by Crippen LogP contribution is 2.27. The molecule has 0 bridgehead atoms. The van der Waals surface area contributed by atoms with Gasteiger partial charge in [0.1, 0.15) is 6.10 Å². The van der Waals surface area contributed by atoms with E-state index in [1.54, 1.807) is 37.0 Å². The Balaban J connectivity index is 1.43. The Bertz CT molecular complexity index is 1300. The molecule has 9 heteroatoms. The number of ether oxygens (including phenoxy) is 1. The maximum atomic E-state index is 12.7. The molecule has 1 aliphatic rings. The quantitative estimate of drug-likeness (QED) is 0.473. The summed E-state index contributed by atoms with van der Waals surface area (Å²) in [7, 11) is 1.75. The molecular formula is C24H24N6O3. The molecule has 1 saturated heterocycles. The smallest absolute Gasteiger partial charge is 0.255 e. The number of nitrogens with zero attached hydrogens (tertiary/aromatic N) is 6. The Morgan fingerprint density at radius 3 is 2.55 bits per heavy atom. The fraction of sp³-hybridized carbons (Fsp3) is 0.292. The zero-order valence-electron chi connectivity index (χ0n) is 18.5. The Labute approximate surface area is 190 Å². The first kappa shape index (κ1) is 21.0. The molecule has 168 valence electrons. The normalized spacial score (nSPS) is 16.5. The summed E-state index contributed by atoms with van der Waals surface area (Å²) in [5.41, 5.74) is 3.32. The average Bonchev–Trinajstić information content (AvgIpc) is 3.13. The van der Waals surface area contributed by atoms with E-state index in [0.29, 0.717) is 36.5 Å². The predicted octanol–water partition coefficient (Wildman–Crippen LogP) is 3.17. The fourth-order valence-electron chi connectivity index (χ4n) is 3.95. The molecule has 0 radical (unpaired) electrons. The van der Waals surface area contributed by atoms with E-state index >= 15 is 0 Å². The van der Waals surface area contributed by atoms with Gasteiger partial charge in [-0.3, -0.25) is 14.3 Å². The Hall–Kier alpha value is -3.85. The van der Waals surface area contributed by atoms with E-state index in [1.807, 2.05) is 36.4 Å². The highest BCUT2D eigenvalue weighted by atomic mass is 16.5. The largest absolute Gasteiger partial charge is 0.372 e. The van der Waals surface area contributed by atoms with Gasteiger partial charge in [0, 0.05) is 56.7 Å². The number of rotatable bonds is 4. The van der Waals surface area contributed by atoms with Gasteiger partial charge < -0.3 is 14.2 Å². The van der Waals surface area contributed by atoms with E-state index in [0.717, 1.165) is 29.7 Å². The lowest BCUT2D eigenvalue weighted by Crippen LogP contribution is -2.34. The number of hydrogen-bond acceptors (Lipinski definition) is 8. The molecule has 0 N–H and O–H groups in total. The van der Waals surface area contributed by atoms with Crippen molar-refractivity contribution in [1.29, 1.82) is 0 Å². The van der Waals surface area contributed by atoms with Crippen LogP contribution in [-0.4, -0.2) is 44.4 Å². The number of aromatic nitrogens is 5. The van der Waals surface area contributed by atoms with Gasteiger partial charge in [-0.05, 0) is 24.1 Å². The summed E-state index contributed by atoms with van der Waals surface area (Å²) in [6.45, 7) is 3.73. The predicted molar refractivity (Wildman–Crippen MR) is 123 cm³/mol. The lowest BCUT2D eigenvalue weighted by molar-refractivity contribution is 0.0685. The van der Waals surface area contributed by atoms with Gasteiger partial charge in [0.2, 0.25) is 17.7 Å². The summed E-state index contributed by atoms with van der Waals surface area (Å²) in [6, 6.07) is 13.2. The van der Waals surface area contributed by atoms with Crippen LogP contribution in [0, 0.1) is 6.92 Å². The minimum absolute atomic E-state index is 0.103. The summed E-state index contributed by atoms with van der Waals surface area (Å²) in [4.78, 5) is 28.0. The molecule has 33 heavy (non-hydrogen) atoms. The molecule has 4 aromatic rings. The monoisotopic (exact) mass is 444 g/mol. The third-order valence-electron chi connectivity index (χ3n) is 5.72. The van der Waals surface area contributed by atoms with Crippen LogP contribution in [-0.2, 0) is 11.8 Å². The van der Waals surface area contributed by atoms with Crippen molar-refractivity contribution < 1.29 is 9.26 Å². The molecule has 1 fully saturated rings. The zero-order valence-corrected chi connectivity index (χ0v) is 18.5. The van der Waals surface area contributed by atoms with E-state index in [2.05, 4.69) is 20.0 Å². The van der Waals surface area contributed by atoms with Gasteiger partial charge in [-0.1, -0.05) is 29.4 Å². The second-order valence-electron chi connectivity index (χ2n) is 7.99. The van der Waals surface area contributed by atoms with E-state index in [1.165, 1.54) is 0 Å². The van der Waals surface area contributed by atoms with Crippen molar-refractivity contribution in [2.75, 3.05) is 24.6 Å². The summed E-state index contributed by atoms with van der Waals surface area (Å²) in [6.07, 6.45) is 4.08. The first-order valence-corrected chi connectivity index (χ1v) is 10.8.